The van der Waals surface area contributed by atoms with Gasteiger partial charge in [-0.1, -0.05) is 18.2 Å². The Balaban J connectivity index is 1.88. The summed E-state index contributed by atoms with van der Waals surface area (Å²) in [5.41, 5.74) is 3.72. The zero-order valence-corrected chi connectivity index (χ0v) is 18.6. The van der Waals surface area contributed by atoms with Gasteiger partial charge < -0.3 is 9.47 Å². The molecule has 0 unspecified atom stereocenters. The van der Waals surface area contributed by atoms with Gasteiger partial charge in [0.2, 0.25) is 0 Å². The third kappa shape index (κ3) is 4.51. The summed E-state index contributed by atoms with van der Waals surface area (Å²) in [6, 6.07) is 12.2. The third-order valence-electron chi connectivity index (χ3n) is 4.07. The average Bonchev–Trinajstić information content (AvgIpc) is 2.98. The van der Waals surface area contributed by atoms with Gasteiger partial charge in [-0.25, -0.2) is 9.80 Å². The summed E-state index contributed by atoms with van der Waals surface area (Å²) in [5.74, 6) is -1.05. The Hall–Kier alpha value is -2.65. The Morgan fingerprint density at radius 3 is 2.34 bits per heavy atom. The topological polar surface area (TPSA) is 84.9 Å². The van der Waals surface area contributed by atoms with E-state index in [0.29, 0.717) is 25.9 Å². The van der Waals surface area contributed by atoms with Crippen LogP contribution in [-0.4, -0.2) is 31.0 Å². The van der Waals surface area contributed by atoms with Crippen LogP contribution in [0.25, 0.3) is 6.08 Å². The molecule has 1 atom stereocenters. The van der Waals surface area contributed by atoms with Gasteiger partial charge >= 0.3 is 5.97 Å². The maximum atomic E-state index is 12.7. The van der Waals surface area contributed by atoms with E-state index in [0.717, 1.165) is 0 Å². The van der Waals surface area contributed by atoms with Crippen LogP contribution < -0.4 is 15.2 Å². The number of methoxy groups -OCH3 is 1. The molecule has 2 aromatic rings. The van der Waals surface area contributed by atoms with Crippen molar-refractivity contribution in [2.24, 2.45) is 0 Å². The number of anilines is 1. The number of esters is 1. The van der Waals surface area contributed by atoms with Crippen LogP contribution in [0.3, 0.4) is 0 Å². The first-order chi connectivity index (χ1) is 13.8. The highest BCUT2D eigenvalue weighted by Gasteiger charge is 2.34. The molecule has 0 radical (unpaired) electrons. The van der Waals surface area contributed by atoms with Crippen LogP contribution in [0.2, 0.25) is 0 Å². The average molecular weight is 524 g/mol. The van der Waals surface area contributed by atoms with Crippen LogP contribution in [0.1, 0.15) is 12.5 Å². The molecule has 1 aliphatic heterocycles. The van der Waals surface area contributed by atoms with E-state index in [2.05, 4.69) is 42.0 Å². The lowest BCUT2D eigenvalue weighted by atomic mass is 10.1. The molecule has 150 valence electrons. The minimum Gasteiger partial charge on any atom is -0.477 e. The second-order valence-electron chi connectivity index (χ2n) is 6.07. The number of para-hydroxylation sites is 1. The molecule has 2 amide bonds. The molecule has 1 saturated heterocycles. The maximum absolute atomic E-state index is 12.7. The quantitative estimate of drug-likeness (QED) is 0.367. The molecule has 0 aromatic heterocycles. The van der Waals surface area contributed by atoms with E-state index in [1.54, 1.807) is 43.3 Å². The predicted octanol–water partition coefficient (Wildman–Crippen LogP) is 3.61. The van der Waals surface area contributed by atoms with Crippen molar-refractivity contribution in [3.63, 3.8) is 0 Å². The zero-order chi connectivity index (χ0) is 21.1. The van der Waals surface area contributed by atoms with E-state index in [-0.39, 0.29) is 5.57 Å². The lowest BCUT2D eigenvalue weighted by Gasteiger charge is -2.15. The number of nitrogens with zero attached hydrogens (tertiary/aromatic N) is 1. The summed E-state index contributed by atoms with van der Waals surface area (Å²) < 4.78 is 11.4. The summed E-state index contributed by atoms with van der Waals surface area (Å²) in [5, 5.41) is 1.20. The van der Waals surface area contributed by atoms with Gasteiger partial charge in [0.1, 0.15) is 11.3 Å². The predicted molar refractivity (Wildman–Crippen MR) is 114 cm³/mol. The van der Waals surface area contributed by atoms with E-state index in [9.17, 15) is 14.4 Å². The number of hydrogen-bond donors (Lipinski definition) is 1. The van der Waals surface area contributed by atoms with Crippen LogP contribution in [0.15, 0.2) is 57.0 Å². The first kappa shape index (κ1) is 21.1. The molecular weight excluding hydrogens is 508 g/mol. The number of benzene rings is 2. The van der Waals surface area contributed by atoms with E-state index < -0.39 is 23.9 Å². The molecule has 1 aliphatic rings. The van der Waals surface area contributed by atoms with Crippen LogP contribution in [0.4, 0.5) is 5.69 Å². The summed E-state index contributed by atoms with van der Waals surface area (Å²) in [6.45, 7) is 1.57. The van der Waals surface area contributed by atoms with Crippen LogP contribution in [0.5, 0.6) is 5.75 Å². The molecule has 0 spiro atoms. The molecule has 1 N–H and O–H groups in total. The first-order valence-electron chi connectivity index (χ1n) is 8.47. The van der Waals surface area contributed by atoms with Gasteiger partial charge in [0.25, 0.3) is 11.8 Å². The van der Waals surface area contributed by atoms with Gasteiger partial charge in [-0.05, 0) is 74.7 Å². The number of amides is 2. The Morgan fingerprint density at radius 1 is 1.14 bits per heavy atom. The fourth-order valence-electron chi connectivity index (χ4n) is 2.65. The maximum Gasteiger partial charge on any atom is 0.346 e. The molecule has 3 rings (SSSR count). The molecule has 0 saturated carbocycles. The lowest BCUT2D eigenvalue weighted by Crippen LogP contribution is -2.35. The van der Waals surface area contributed by atoms with Gasteiger partial charge in [0.05, 0.1) is 21.7 Å². The fourth-order valence-corrected chi connectivity index (χ4v) is 4.06. The van der Waals surface area contributed by atoms with Crippen molar-refractivity contribution in [3.05, 3.63) is 62.5 Å². The highest BCUT2D eigenvalue weighted by Crippen LogP contribution is 2.36. The number of carbonyl (C=O) groups is 3. The lowest BCUT2D eigenvalue weighted by molar-refractivity contribution is -0.148. The largest absolute Gasteiger partial charge is 0.477 e. The molecule has 0 aliphatic carbocycles. The molecule has 29 heavy (non-hydrogen) atoms. The van der Waals surface area contributed by atoms with Crippen molar-refractivity contribution in [1.29, 1.82) is 0 Å². The SMILES string of the molecule is COC(=O)[C@@H](C)Oc1c(Br)cc(/C=C2/C(=O)NN(c3ccccc3)C2=O)cc1Br. The van der Waals surface area contributed by atoms with Crippen molar-refractivity contribution in [2.45, 2.75) is 13.0 Å². The Morgan fingerprint density at radius 2 is 1.76 bits per heavy atom. The van der Waals surface area contributed by atoms with Crippen molar-refractivity contribution in [1.82, 2.24) is 5.43 Å². The van der Waals surface area contributed by atoms with Gasteiger partial charge in [0.15, 0.2) is 6.10 Å². The number of nitrogens with one attached hydrogen (secondary N) is 1. The van der Waals surface area contributed by atoms with Crippen LogP contribution in [0, 0.1) is 0 Å². The van der Waals surface area contributed by atoms with Gasteiger partial charge in [0, 0.05) is 0 Å². The molecule has 1 fully saturated rings. The number of carbonyl (C=O) groups excluding carboxylic acids is 3. The standard InChI is InChI=1S/C20H16Br2N2O5/c1-11(20(27)28-2)29-17-15(21)9-12(10-16(17)22)8-14-18(25)23-24(19(14)26)13-6-4-3-5-7-13/h3-11H,1-2H3,(H,23,25)/b14-8-/t11-/m1/s1. The molecule has 0 bridgehead atoms. The van der Waals surface area contributed by atoms with E-state index >= 15 is 0 Å². The van der Waals surface area contributed by atoms with E-state index in [1.165, 1.54) is 18.2 Å². The second kappa shape index (κ2) is 8.79. The normalized spacial score (nSPS) is 16.0. The van der Waals surface area contributed by atoms with Crippen molar-refractivity contribution < 1.29 is 23.9 Å². The Bertz CT molecular complexity index is 984. The third-order valence-corrected chi connectivity index (χ3v) is 5.24. The molecule has 2 aromatic carbocycles. The highest BCUT2D eigenvalue weighted by molar-refractivity contribution is 9.11. The smallest absolute Gasteiger partial charge is 0.346 e. The Labute approximate surface area is 183 Å². The summed E-state index contributed by atoms with van der Waals surface area (Å²) in [7, 11) is 1.28. The van der Waals surface area contributed by atoms with E-state index in [1.807, 2.05) is 6.07 Å². The number of hydrogen-bond acceptors (Lipinski definition) is 5. The number of hydrazine groups is 1. The summed E-state index contributed by atoms with van der Waals surface area (Å²) in [4.78, 5) is 36.6. The monoisotopic (exact) mass is 522 g/mol. The van der Waals surface area contributed by atoms with Crippen LogP contribution >= 0.6 is 31.9 Å². The highest BCUT2D eigenvalue weighted by atomic mass is 79.9. The minimum atomic E-state index is -0.807. The summed E-state index contributed by atoms with van der Waals surface area (Å²) >= 11 is 6.79. The van der Waals surface area contributed by atoms with Gasteiger partial charge in [-0.15, -0.1) is 0 Å². The van der Waals surface area contributed by atoms with Gasteiger partial charge in [-0.2, -0.15) is 0 Å². The van der Waals surface area contributed by atoms with Crippen molar-refractivity contribution in [2.75, 3.05) is 12.1 Å². The van der Waals surface area contributed by atoms with Crippen LogP contribution in [-0.2, 0) is 19.1 Å². The molecule has 1 heterocycles. The van der Waals surface area contributed by atoms with Crippen molar-refractivity contribution in [3.8, 4) is 5.75 Å². The van der Waals surface area contributed by atoms with Crippen molar-refractivity contribution >= 4 is 61.4 Å². The van der Waals surface area contributed by atoms with E-state index in [4.69, 9.17) is 4.74 Å². The summed E-state index contributed by atoms with van der Waals surface area (Å²) in [6.07, 6.45) is 0.683. The minimum absolute atomic E-state index is 0.00394. The van der Waals surface area contributed by atoms with Gasteiger partial charge in [-0.3, -0.25) is 15.0 Å². The molecule has 7 nitrogen and oxygen atoms in total. The molecule has 9 heteroatoms. The fraction of sp³-hybridized carbons (Fsp3) is 0.150. The first-order valence-corrected chi connectivity index (χ1v) is 10.1. The zero-order valence-electron chi connectivity index (χ0n) is 15.4. The Kier molecular flexibility index (Phi) is 6.39. The number of rotatable bonds is 5. The second-order valence-corrected chi connectivity index (χ2v) is 7.78. The molecular formula is C20H16Br2N2O5. The number of halogens is 2. The number of ether oxygens (including phenoxy) is 2.